The van der Waals surface area contributed by atoms with E-state index in [9.17, 15) is 14.7 Å². The number of nitrogens with zero attached hydrogens (tertiary/aromatic N) is 2. The third kappa shape index (κ3) is 2.56. The average molecular weight is 260 g/mol. The predicted octanol–water partition coefficient (Wildman–Crippen LogP) is 0.218. The van der Waals surface area contributed by atoms with Gasteiger partial charge in [0.15, 0.2) is 0 Å². The summed E-state index contributed by atoms with van der Waals surface area (Å²) in [6.45, 7) is 0.00972. The molecule has 2 N–H and O–H groups in total. The molecule has 2 atom stereocenters. The van der Waals surface area contributed by atoms with Crippen molar-refractivity contribution < 1.29 is 19.8 Å². The highest BCUT2D eigenvalue weighted by molar-refractivity contribution is 5.97. The molecule has 1 aromatic rings. The van der Waals surface area contributed by atoms with Crippen LogP contribution in [-0.2, 0) is 4.79 Å². The number of carbonyl (C=O) groups excluding carboxylic acids is 1. The summed E-state index contributed by atoms with van der Waals surface area (Å²) in [6, 6.07) is 6.88. The first-order valence-electron chi connectivity index (χ1n) is 5.75. The number of carbonyl (C=O) groups is 2. The van der Waals surface area contributed by atoms with E-state index in [-0.39, 0.29) is 13.0 Å². The molecule has 1 fully saturated rings. The van der Waals surface area contributed by atoms with E-state index >= 15 is 0 Å². The van der Waals surface area contributed by atoms with Crippen LogP contribution in [0.5, 0.6) is 0 Å². The minimum Gasteiger partial charge on any atom is -0.480 e. The SMILES string of the molecule is N#Cc1ccc(C(=O)N2C[C@H](O)C[C@@H]2C(=O)O)cc1. The zero-order valence-corrected chi connectivity index (χ0v) is 9.98. The van der Waals surface area contributed by atoms with E-state index in [1.165, 1.54) is 24.3 Å². The van der Waals surface area contributed by atoms with Crippen molar-refractivity contribution in [2.45, 2.75) is 18.6 Å². The Morgan fingerprint density at radius 1 is 1.32 bits per heavy atom. The summed E-state index contributed by atoms with van der Waals surface area (Å²) < 4.78 is 0. The molecule has 0 spiro atoms. The number of hydrogen-bond acceptors (Lipinski definition) is 4. The van der Waals surface area contributed by atoms with E-state index in [1.54, 1.807) is 0 Å². The molecule has 6 nitrogen and oxygen atoms in total. The van der Waals surface area contributed by atoms with Crippen molar-refractivity contribution in [1.29, 1.82) is 5.26 Å². The highest BCUT2D eigenvalue weighted by Gasteiger charge is 2.39. The molecule has 0 unspecified atom stereocenters. The molecule has 6 heteroatoms. The van der Waals surface area contributed by atoms with Gasteiger partial charge in [0.1, 0.15) is 6.04 Å². The summed E-state index contributed by atoms with van der Waals surface area (Å²) in [6.07, 6.45) is -0.777. The van der Waals surface area contributed by atoms with Crippen LogP contribution in [0.1, 0.15) is 22.3 Å². The van der Waals surface area contributed by atoms with Gasteiger partial charge < -0.3 is 15.1 Å². The Labute approximate surface area is 109 Å². The minimum absolute atomic E-state index is 0.00972. The molecule has 98 valence electrons. The highest BCUT2D eigenvalue weighted by atomic mass is 16.4. The zero-order chi connectivity index (χ0) is 14.0. The highest BCUT2D eigenvalue weighted by Crippen LogP contribution is 2.21. The van der Waals surface area contributed by atoms with Crippen LogP contribution in [0.25, 0.3) is 0 Å². The summed E-state index contributed by atoms with van der Waals surface area (Å²) in [5.74, 6) is -1.58. The van der Waals surface area contributed by atoms with Crippen LogP contribution in [0.2, 0.25) is 0 Å². The number of carboxylic acid groups (broad SMARTS) is 1. The molecule has 1 aliphatic rings. The standard InChI is InChI=1S/C13H12N2O4/c14-6-8-1-3-9(4-2-8)12(17)15-7-10(16)5-11(15)13(18)19/h1-4,10-11,16H,5,7H2,(H,18,19)/t10-,11-/m1/s1. The van der Waals surface area contributed by atoms with Crippen LogP contribution in [0.4, 0.5) is 0 Å². The largest absolute Gasteiger partial charge is 0.480 e. The van der Waals surface area contributed by atoms with Crippen molar-refractivity contribution >= 4 is 11.9 Å². The van der Waals surface area contributed by atoms with Gasteiger partial charge in [-0.15, -0.1) is 0 Å². The number of carboxylic acids is 1. The van der Waals surface area contributed by atoms with Gasteiger partial charge in [-0.1, -0.05) is 0 Å². The number of likely N-dealkylation sites (tertiary alicyclic amines) is 1. The maximum Gasteiger partial charge on any atom is 0.326 e. The molecule has 0 bridgehead atoms. The maximum atomic E-state index is 12.2. The van der Waals surface area contributed by atoms with Crippen LogP contribution < -0.4 is 0 Å². The molecule has 0 radical (unpaired) electrons. The van der Waals surface area contributed by atoms with Gasteiger partial charge >= 0.3 is 5.97 Å². The topological polar surface area (TPSA) is 102 Å². The number of nitriles is 1. The molecule has 0 aliphatic carbocycles. The van der Waals surface area contributed by atoms with Crippen molar-refractivity contribution in [2.24, 2.45) is 0 Å². The molecule has 1 saturated heterocycles. The maximum absolute atomic E-state index is 12.2. The number of aliphatic hydroxyl groups excluding tert-OH is 1. The number of aliphatic carboxylic acids is 1. The smallest absolute Gasteiger partial charge is 0.326 e. The summed E-state index contributed by atoms with van der Waals surface area (Å²) >= 11 is 0. The molecule has 0 aromatic heterocycles. The number of amides is 1. The van der Waals surface area contributed by atoms with Gasteiger partial charge in [-0.3, -0.25) is 4.79 Å². The van der Waals surface area contributed by atoms with Crippen molar-refractivity contribution in [3.05, 3.63) is 35.4 Å². The molecule has 1 heterocycles. The first kappa shape index (κ1) is 13.1. The number of benzene rings is 1. The molecule has 19 heavy (non-hydrogen) atoms. The lowest BCUT2D eigenvalue weighted by Gasteiger charge is -2.21. The molecule has 0 saturated carbocycles. The Bertz CT molecular complexity index is 547. The monoisotopic (exact) mass is 260 g/mol. The van der Waals surface area contributed by atoms with Crippen LogP contribution in [0.3, 0.4) is 0 Å². The normalized spacial score (nSPS) is 22.0. The average Bonchev–Trinajstić information content (AvgIpc) is 2.80. The third-order valence-electron chi connectivity index (χ3n) is 3.09. The second-order valence-electron chi connectivity index (χ2n) is 4.39. The van der Waals surface area contributed by atoms with Crippen LogP contribution in [-0.4, -0.2) is 45.7 Å². The van der Waals surface area contributed by atoms with Gasteiger partial charge in [-0.05, 0) is 24.3 Å². The summed E-state index contributed by atoms with van der Waals surface area (Å²) in [5, 5.41) is 27.2. The first-order chi connectivity index (χ1) is 9.02. The zero-order valence-electron chi connectivity index (χ0n) is 9.98. The van der Waals surface area contributed by atoms with Crippen molar-refractivity contribution in [2.75, 3.05) is 6.54 Å². The van der Waals surface area contributed by atoms with Crippen LogP contribution >= 0.6 is 0 Å². The van der Waals surface area contributed by atoms with Gasteiger partial charge in [0.05, 0.1) is 17.7 Å². The second-order valence-corrected chi connectivity index (χ2v) is 4.39. The number of hydrogen-bond donors (Lipinski definition) is 2. The molecule has 1 amide bonds. The molecule has 2 rings (SSSR count). The fourth-order valence-corrected chi connectivity index (χ4v) is 2.13. The molecule has 1 aliphatic heterocycles. The van der Waals surface area contributed by atoms with Gasteiger partial charge in [-0.25, -0.2) is 4.79 Å². The quantitative estimate of drug-likeness (QED) is 0.791. The summed E-state index contributed by atoms with van der Waals surface area (Å²) in [5.41, 5.74) is 0.729. The van der Waals surface area contributed by atoms with Crippen LogP contribution in [0, 0.1) is 11.3 Å². The number of aliphatic hydroxyl groups is 1. The molecule has 1 aromatic carbocycles. The van der Waals surface area contributed by atoms with E-state index in [0.717, 1.165) is 4.90 Å². The van der Waals surface area contributed by atoms with E-state index < -0.39 is 24.0 Å². The minimum atomic E-state index is -1.13. The summed E-state index contributed by atoms with van der Waals surface area (Å²) in [4.78, 5) is 24.4. The Hall–Kier alpha value is -2.39. The Morgan fingerprint density at radius 3 is 2.47 bits per heavy atom. The predicted molar refractivity (Wildman–Crippen MR) is 64.2 cm³/mol. The van der Waals surface area contributed by atoms with Gasteiger partial charge in [0.25, 0.3) is 5.91 Å². The Kier molecular flexibility index (Phi) is 3.49. The Balaban J connectivity index is 2.22. The molecular formula is C13H12N2O4. The van der Waals surface area contributed by atoms with Gasteiger partial charge in [0.2, 0.25) is 0 Å². The van der Waals surface area contributed by atoms with Crippen molar-refractivity contribution in [3.63, 3.8) is 0 Å². The lowest BCUT2D eigenvalue weighted by Crippen LogP contribution is -2.40. The van der Waals surface area contributed by atoms with E-state index in [1.807, 2.05) is 6.07 Å². The van der Waals surface area contributed by atoms with Crippen molar-refractivity contribution in [1.82, 2.24) is 4.90 Å². The number of rotatable bonds is 2. The summed E-state index contributed by atoms with van der Waals surface area (Å²) in [7, 11) is 0. The van der Waals surface area contributed by atoms with Gasteiger partial charge in [0, 0.05) is 18.5 Å². The van der Waals surface area contributed by atoms with E-state index in [2.05, 4.69) is 0 Å². The fraction of sp³-hybridized carbons (Fsp3) is 0.308. The van der Waals surface area contributed by atoms with Crippen molar-refractivity contribution in [3.8, 4) is 6.07 Å². The first-order valence-corrected chi connectivity index (χ1v) is 5.75. The molecular weight excluding hydrogens is 248 g/mol. The lowest BCUT2D eigenvalue weighted by atomic mass is 10.1. The number of β-amino-alcohol motifs (C(OH)–C–C–N with tert-alkyl or cyclic N) is 1. The van der Waals surface area contributed by atoms with Crippen LogP contribution in [0.15, 0.2) is 24.3 Å². The van der Waals surface area contributed by atoms with Gasteiger partial charge in [-0.2, -0.15) is 5.26 Å². The van der Waals surface area contributed by atoms with E-state index in [4.69, 9.17) is 10.4 Å². The third-order valence-corrected chi connectivity index (χ3v) is 3.09. The fourth-order valence-electron chi connectivity index (χ4n) is 2.13. The van der Waals surface area contributed by atoms with E-state index in [0.29, 0.717) is 11.1 Å². The lowest BCUT2D eigenvalue weighted by molar-refractivity contribution is -0.141. The second kappa shape index (κ2) is 5.08. The Morgan fingerprint density at radius 2 is 1.95 bits per heavy atom.